The van der Waals surface area contributed by atoms with Crippen molar-refractivity contribution in [1.29, 1.82) is 0 Å². The lowest BCUT2D eigenvalue weighted by molar-refractivity contribution is 0.224. The van der Waals surface area contributed by atoms with Gasteiger partial charge in [-0.2, -0.15) is 0 Å². The van der Waals surface area contributed by atoms with Crippen LogP contribution >= 0.6 is 15.9 Å². The number of nitrogens with zero attached hydrogens (tertiary/aromatic N) is 1. The van der Waals surface area contributed by atoms with Crippen LogP contribution in [0.15, 0.2) is 33.6 Å². The molecule has 4 nitrogen and oxygen atoms in total. The molecule has 1 aliphatic rings. The Hall–Kier alpha value is -0.430. The number of hydrogen-bond donors (Lipinski definition) is 1. The topological polar surface area (TPSA) is 63.4 Å². The summed E-state index contributed by atoms with van der Waals surface area (Å²) < 4.78 is 25.3. The molecule has 1 aliphatic heterocycles. The highest BCUT2D eigenvalue weighted by Gasteiger charge is 2.19. The Morgan fingerprint density at radius 3 is 2.37 bits per heavy atom. The lowest BCUT2D eigenvalue weighted by atomic mass is 10.1. The molecule has 0 amide bonds. The van der Waals surface area contributed by atoms with E-state index >= 15 is 0 Å². The summed E-state index contributed by atoms with van der Waals surface area (Å²) >= 11 is 3.30. The highest BCUT2D eigenvalue weighted by molar-refractivity contribution is 9.10. The minimum atomic E-state index is -3.18. The van der Waals surface area contributed by atoms with Crippen LogP contribution in [-0.2, 0) is 9.84 Å². The van der Waals surface area contributed by atoms with E-state index in [9.17, 15) is 8.42 Å². The second-order valence-electron chi connectivity index (χ2n) is 4.95. The Labute approximate surface area is 123 Å². The van der Waals surface area contributed by atoms with Crippen LogP contribution in [0.1, 0.15) is 12.8 Å². The van der Waals surface area contributed by atoms with Crippen molar-refractivity contribution in [2.45, 2.75) is 23.8 Å². The molecule has 1 aromatic carbocycles. The number of sulfone groups is 1. The van der Waals surface area contributed by atoms with Gasteiger partial charge in [0.25, 0.3) is 0 Å². The number of benzene rings is 1. The predicted molar refractivity (Wildman–Crippen MR) is 79.8 cm³/mol. The number of nitrogens with two attached hydrogens (primary N) is 1. The first kappa shape index (κ1) is 15.0. The summed E-state index contributed by atoms with van der Waals surface area (Å²) in [6.07, 6.45) is 1.91. The Morgan fingerprint density at radius 1 is 1.21 bits per heavy atom. The normalized spacial score (nSPS) is 18.6. The maximum atomic E-state index is 12.2. The van der Waals surface area contributed by atoms with Crippen molar-refractivity contribution in [1.82, 2.24) is 4.90 Å². The van der Waals surface area contributed by atoms with Crippen LogP contribution in [0.5, 0.6) is 0 Å². The molecule has 19 heavy (non-hydrogen) atoms. The van der Waals surface area contributed by atoms with E-state index in [4.69, 9.17) is 5.73 Å². The van der Waals surface area contributed by atoms with Gasteiger partial charge in [0, 0.05) is 17.1 Å². The van der Waals surface area contributed by atoms with Gasteiger partial charge in [-0.05, 0) is 50.2 Å². The Balaban J connectivity index is 1.92. The molecule has 0 unspecified atom stereocenters. The number of hydrogen-bond acceptors (Lipinski definition) is 4. The molecule has 0 spiro atoms. The van der Waals surface area contributed by atoms with Gasteiger partial charge >= 0.3 is 0 Å². The first-order valence-electron chi connectivity index (χ1n) is 6.43. The molecule has 1 fully saturated rings. The molecule has 0 aromatic heterocycles. The standard InChI is InChI=1S/C13H19BrN2O2S/c14-11-1-3-13(4-2-11)19(17,18)10-9-16-7-5-12(15)6-8-16/h1-4,12H,5-10,15H2. The van der Waals surface area contributed by atoms with Crippen LogP contribution in [0.3, 0.4) is 0 Å². The first-order valence-corrected chi connectivity index (χ1v) is 8.88. The third kappa shape index (κ3) is 4.27. The van der Waals surface area contributed by atoms with Gasteiger partial charge < -0.3 is 10.6 Å². The van der Waals surface area contributed by atoms with Gasteiger partial charge in [-0.15, -0.1) is 0 Å². The first-order chi connectivity index (χ1) is 8.97. The van der Waals surface area contributed by atoms with Crippen LogP contribution < -0.4 is 5.73 Å². The van der Waals surface area contributed by atoms with E-state index in [2.05, 4.69) is 20.8 Å². The highest BCUT2D eigenvalue weighted by atomic mass is 79.9. The zero-order valence-corrected chi connectivity index (χ0v) is 13.2. The van der Waals surface area contributed by atoms with Crippen LogP contribution in [-0.4, -0.2) is 44.7 Å². The molecule has 1 aromatic rings. The Morgan fingerprint density at radius 2 is 1.79 bits per heavy atom. The summed E-state index contributed by atoms with van der Waals surface area (Å²) in [4.78, 5) is 2.57. The van der Waals surface area contributed by atoms with Gasteiger partial charge in [-0.25, -0.2) is 8.42 Å². The number of halogens is 1. The number of piperidine rings is 1. The quantitative estimate of drug-likeness (QED) is 0.900. The van der Waals surface area contributed by atoms with E-state index in [1.165, 1.54) is 0 Å². The Bertz CT molecular complexity index is 508. The van der Waals surface area contributed by atoms with Crippen molar-refractivity contribution >= 4 is 25.8 Å². The molecule has 0 saturated carbocycles. The number of likely N-dealkylation sites (tertiary alicyclic amines) is 1. The van der Waals surface area contributed by atoms with Crippen molar-refractivity contribution in [3.63, 3.8) is 0 Å². The zero-order valence-electron chi connectivity index (χ0n) is 10.8. The van der Waals surface area contributed by atoms with Crippen LogP contribution in [0.2, 0.25) is 0 Å². The van der Waals surface area contributed by atoms with E-state index in [0.29, 0.717) is 11.4 Å². The third-order valence-corrected chi connectivity index (χ3v) is 5.72. The molecule has 106 valence electrons. The van der Waals surface area contributed by atoms with E-state index in [-0.39, 0.29) is 11.8 Å². The van der Waals surface area contributed by atoms with E-state index < -0.39 is 9.84 Å². The van der Waals surface area contributed by atoms with Crippen molar-refractivity contribution in [2.75, 3.05) is 25.4 Å². The van der Waals surface area contributed by atoms with E-state index in [1.807, 2.05) is 0 Å². The largest absolute Gasteiger partial charge is 0.328 e. The summed E-state index contributed by atoms with van der Waals surface area (Å²) in [5, 5.41) is 0. The maximum Gasteiger partial charge on any atom is 0.179 e. The van der Waals surface area contributed by atoms with Gasteiger partial charge in [0.05, 0.1) is 10.6 Å². The monoisotopic (exact) mass is 346 g/mol. The van der Waals surface area contributed by atoms with Gasteiger partial charge in [-0.3, -0.25) is 0 Å². The fourth-order valence-electron chi connectivity index (χ4n) is 2.19. The molecule has 2 N–H and O–H groups in total. The smallest absolute Gasteiger partial charge is 0.179 e. The van der Waals surface area contributed by atoms with E-state index in [1.54, 1.807) is 24.3 Å². The SMILES string of the molecule is NC1CCN(CCS(=O)(=O)c2ccc(Br)cc2)CC1. The average molecular weight is 347 g/mol. The average Bonchev–Trinajstić information content (AvgIpc) is 2.39. The van der Waals surface area contributed by atoms with Crippen molar-refractivity contribution in [3.8, 4) is 0 Å². The van der Waals surface area contributed by atoms with Gasteiger partial charge in [0.1, 0.15) is 0 Å². The van der Waals surface area contributed by atoms with Gasteiger partial charge in [-0.1, -0.05) is 15.9 Å². The lowest BCUT2D eigenvalue weighted by Gasteiger charge is -2.29. The Kier molecular flexibility index (Phi) is 5.00. The second-order valence-corrected chi connectivity index (χ2v) is 7.98. The molecule has 0 radical (unpaired) electrons. The summed E-state index contributed by atoms with van der Waals surface area (Å²) in [6.45, 7) is 2.39. The minimum Gasteiger partial charge on any atom is -0.328 e. The van der Waals surface area contributed by atoms with Crippen LogP contribution in [0.25, 0.3) is 0 Å². The van der Waals surface area contributed by atoms with E-state index in [0.717, 1.165) is 30.4 Å². The molecular formula is C13H19BrN2O2S. The lowest BCUT2D eigenvalue weighted by Crippen LogP contribution is -2.41. The third-order valence-electron chi connectivity index (χ3n) is 3.48. The van der Waals surface area contributed by atoms with Gasteiger partial charge in [0.15, 0.2) is 9.84 Å². The van der Waals surface area contributed by atoms with Crippen molar-refractivity contribution in [3.05, 3.63) is 28.7 Å². The minimum absolute atomic E-state index is 0.171. The second kappa shape index (κ2) is 6.35. The van der Waals surface area contributed by atoms with Crippen molar-refractivity contribution < 1.29 is 8.42 Å². The summed E-state index contributed by atoms with van der Waals surface area (Å²) in [5.74, 6) is 0.171. The maximum absolute atomic E-state index is 12.2. The molecule has 0 atom stereocenters. The molecule has 1 heterocycles. The number of rotatable bonds is 4. The predicted octanol–water partition coefficient (Wildman–Crippen LogP) is 1.65. The zero-order chi connectivity index (χ0) is 13.9. The summed E-state index contributed by atoms with van der Waals surface area (Å²) in [5.41, 5.74) is 5.83. The highest BCUT2D eigenvalue weighted by Crippen LogP contribution is 2.16. The molecule has 0 aliphatic carbocycles. The molecule has 1 saturated heterocycles. The molecular weight excluding hydrogens is 328 g/mol. The fraction of sp³-hybridized carbons (Fsp3) is 0.538. The van der Waals surface area contributed by atoms with Crippen LogP contribution in [0.4, 0.5) is 0 Å². The summed E-state index contributed by atoms with van der Waals surface area (Å²) in [7, 11) is -3.18. The summed E-state index contributed by atoms with van der Waals surface area (Å²) in [6, 6.07) is 7.08. The molecule has 0 bridgehead atoms. The van der Waals surface area contributed by atoms with Crippen LogP contribution in [0, 0.1) is 0 Å². The van der Waals surface area contributed by atoms with Crippen molar-refractivity contribution in [2.24, 2.45) is 5.73 Å². The molecule has 2 rings (SSSR count). The van der Waals surface area contributed by atoms with Gasteiger partial charge in [0.2, 0.25) is 0 Å². The fourth-order valence-corrected chi connectivity index (χ4v) is 3.73. The molecule has 6 heteroatoms.